The molecule has 0 aliphatic carbocycles. The molecule has 0 saturated carbocycles. The maximum Gasteiger partial charge on any atom is 0.304 e. The first-order chi connectivity index (χ1) is 9.06. The average Bonchev–Trinajstić information content (AvgIpc) is 2.37. The summed E-state index contributed by atoms with van der Waals surface area (Å²) < 4.78 is 0. The number of fused-ring (bicyclic) bond motifs is 1. The van der Waals surface area contributed by atoms with Gasteiger partial charge in [0.2, 0.25) is 5.91 Å². The Morgan fingerprint density at radius 2 is 1.84 bits per heavy atom. The number of hydrogen-bond acceptors (Lipinski definition) is 2. The number of carboxylic acid groups (broad SMARTS) is 1. The second-order valence-electron chi connectivity index (χ2n) is 4.55. The summed E-state index contributed by atoms with van der Waals surface area (Å²) in [4.78, 5) is 22.4. The van der Waals surface area contributed by atoms with Gasteiger partial charge in [0.25, 0.3) is 0 Å². The van der Waals surface area contributed by atoms with Crippen molar-refractivity contribution in [2.75, 3.05) is 5.32 Å². The van der Waals surface area contributed by atoms with E-state index in [-0.39, 0.29) is 12.3 Å². The summed E-state index contributed by atoms with van der Waals surface area (Å²) >= 11 is 0. The zero-order chi connectivity index (χ0) is 13.8. The number of benzene rings is 2. The lowest BCUT2D eigenvalue weighted by Crippen LogP contribution is -2.22. The summed E-state index contributed by atoms with van der Waals surface area (Å²) in [6, 6.07) is 13.5. The maximum atomic E-state index is 11.8. The molecule has 0 heterocycles. The Kier molecular flexibility index (Phi) is 3.80. The second-order valence-corrected chi connectivity index (χ2v) is 4.55. The first kappa shape index (κ1) is 13.1. The van der Waals surface area contributed by atoms with Crippen LogP contribution >= 0.6 is 0 Å². The number of rotatable bonds is 4. The summed E-state index contributed by atoms with van der Waals surface area (Å²) in [6.45, 7) is 1.60. The molecule has 1 unspecified atom stereocenters. The first-order valence-electron chi connectivity index (χ1n) is 6.08. The van der Waals surface area contributed by atoms with Gasteiger partial charge in [-0.3, -0.25) is 9.59 Å². The number of carbonyl (C=O) groups excluding carboxylic acids is 1. The molecular formula is C15H15NO3. The first-order valence-corrected chi connectivity index (χ1v) is 6.08. The van der Waals surface area contributed by atoms with Gasteiger partial charge in [0.1, 0.15) is 0 Å². The lowest BCUT2D eigenvalue weighted by atomic mass is 10.1. The molecule has 0 saturated heterocycles. The maximum absolute atomic E-state index is 11.8. The molecule has 1 atom stereocenters. The molecule has 0 radical (unpaired) electrons. The third-order valence-electron chi connectivity index (χ3n) is 2.95. The fraction of sp³-hybridized carbons (Fsp3) is 0.200. The van der Waals surface area contributed by atoms with Gasteiger partial charge in [-0.25, -0.2) is 0 Å². The number of amides is 1. The van der Waals surface area contributed by atoms with Crippen molar-refractivity contribution in [1.82, 2.24) is 0 Å². The number of carboxylic acids is 1. The molecule has 0 aliphatic rings. The summed E-state index contributed by atoms with van der Waals surface area (Å²) in [7, 11) is 0. The van der Waals surface area contributed by atoms with Crippen LogP contribution in [0, 0.1) is 5.92 Å². The topological polar surface area (TPSA) is 66.4 Å². The summed E-state index contributed by atoms with van der Waals surface area (Å²) in [5.74, 6) is -1.80. The zero-order valence-corrected chi connectivity index (χ0v) is 10.6. The monoisotopic (exact) mass is 257 g/mol. The number of nitrogens with one attached hydrogen (secondary N) is 1. The Labute approximate surface area is 111 Å². The Bertz CT molecular complexity index is 622. The van der Waals surface area contributed by atoms with E-state index in [1.165, 1.54) is 0 Å². The number of aliphatic carboxylic acids is 1. The number of carbonyl (C=O) groups is 2. The highest BCUT2D eigenvalue weighted by molar-refractivity contribution is 5.96. The Morgan fingerprint density at radius 1 is 1.16 bits per heavy atom. The van der Waals surface area contributed by atoms with Crippen LogP contribution in [0.25, 0.3) is 10.8 Å². The van der Waals surface area contributed by atoms with Crippen LogP contribution in [0.2, 0.25) is 0 Å². The van der Waals surface area contributed by atoms with Gasteiger partial charge in [-0.15, -0.1) is 0 Å². The van der Waals surface area contributed by atoms with Crippen LogP contribution in [0.3, 0.4) is 0 Å². The van der Waals surface area contributed by atoms with Gasteiger partial charge < -0.3 is 10.4 Å². The lowest BCUT2D eigenvalue weighted by Gasteiger charge is -2.10. The van der Waals surface area contributed by atoms with Gasteiger partial charge in [0.05, 0.1) is 6.42 Å². The highest BCUT2D eigenvalue weighted by Gasteiger charge is 2.16. The van der Waals surface area contributed by atoms with Gasteiger partial charge in [0.15, 0.2) is 0 Å². The highest BCUT2D eigenvalue weighted by atomic mass is 16.4. The third kappa shape index (κ3) is 3.31. The molecule has 2 aromatic carbocycles. The van der Waals surface area contributed by atoms with Gasteiger partial charge in [-0.1, -0.05) is 37.3 Å². The van der Waals surface area contributed by atoms with Crippen LogP contribution in [0.4, 0.5) is 5.69 Å². The summed E-state index contributed by atoms with van der Waals surface area (Å²) in [5, 5.41) is 13.5. The molecule has 0 bridgehead atoms. The summed E-state index contributed by atoms with van der Waals surface area (Å²) in [5.41, 5.74) is 0.681. The van der Waals surface area contributed by atoms with Crippen molar-refractivity contribution in [3.63, 3.8) is 0 Å². The third-order valence-corrected chi connectivity index (χ3v) is 2.95. The smallest absolute Gasteiger partial charge is 0.304 e. The molecule has 19 heavy (non-hydrogen) atoms. The van der Waals surface area contributed by atoms with E-state index < -0.39 is 11.9 Å². The van der Waals surface area contributed by atoms with E-state index in [9.17, 15) is 9.59 Å². The molecule has 4 nitrogen and oxygen atoms in total. The quantitative estimate of drug-likeness (QED) is 0.885. The minimum Gasteiger partial charge on any atom is -0.481 e. The normalized spacial score (nSPS) is 12.1. The van der Waals surface area contributed by atoms with E-state index in [1.54, 1.807) is 6.92 Å². The predicted molar refractivity (Wildman–Crippen MR) is 74.0 cm³/mol. The van der Waals surface area contributed by atoms with Crippen LogP contribution in [0.1, 0.15) is 13.3 Å². The lowest BCUT2D eigenvalue weighted by molar-refractivity contribution is -0.139. The number of anilines is 1. The van der Waals surface area contributed by atoms with Crippen molar-refractivity contribution in [1.29, 1.82) is 0 Å². The molecule has 0 fully saturated rings. The van der Waals surface area contributed by atoms with Crippen molar-refractivity contribution in [2.45, 2.75) is 13.3 Å². The highest BCUT2D eigenvalue weighted by Crippen LogP contribution is 2.19. The van der Waals surface area contributed by atoms with Crippen molar-refractivity contribution in [3.05, 3.63) is 42.5 Å². The van der Waals surface area contributed by atoms with E-state index in [4.69, 9.17) is 5.11 Å². The second kappa shape index (κ2) is 5.52. The largest absolute Gasteiger partial charge is 0.481 e. The number of hydrogen-bond donors (Lipinski definition) is 2. The SMILES string of the molecule is CC(CC(=O)O)C(=O)Nc1ccc2ccccc2c1. The predicted octanol–water partition coefficient (Wildman–Crippen LogP) is 2.89. The molecule has 4 heteroatoms. The van der Waals surface area contributed by atoms with E-state index in [0.29, 0.717) is 5.69 Å². The van der Waals surface area contributed by atoms with E-state index >= 15 is 0 Å². The molecule has 2 aromatic rings. The molecule has 0 aliphatic heterocycles. The standard InChI is InChI=1S/C15H15NO3/c1-10(8-14(17)18)15(19)16-13-7-6-11-4-2-3-5-12(11)9-13/h2-7,9-10H,8H2,1H3,(H,16,19)(H,17,18). The average molecular weight is 257 g/mol. The molecule has 0 aromatic heterocycles. The van der Waals surface area contributed by atoms with Crippen molar-refractivity contribution < 1.29 is 14.7 Å². The molecule has 2 N–H and O–H groups in total. The zero-order valence-electron chi connectivity index (χ0n) is 10.6. The van der Waals surface area contributed by atoms with Crippen LogP contribution in [-0.2, 0) is 9.59 Å². The van der Waals surface area contributed by atoms with Gasteiger partial charge >= 0.3 is 5.97 Å². The van der Waals surface area contributed by atoms with Gasteiger partial charge in [-0.2, -0.15) is 0 Å². The minimum absolute atomic E-state index is 0.167. The van der Waals surface area contributed by atoms with E-state index in [1.807, 2.05) is 42.5 Å². The van der Waals surface area contributed by atoms with Crippen molar-refractivity contribution >= 4 is 28.3 Å². The summed E-state index contributed by atoms with van der Waals surface area (Å²) in [6.07, 6.45) is -0.167. The molecular weight excluding hydrogens is 242 g/mol. The fourth-order valence-corrected chi connectivity index (χ4v) is 1.89. The van der Waals surface area contributed by atoms with Gasteiger partial charge in [0, 0.05) is 11.6 Å². The van der Waals surface area contributed by atoms with E-state index in [0.717, 1.165) is 10.8 Å². The van der Waals surface area contributed by atoms with Crippen molar-refractivity contribution in [2.24, 2.45) is 5.92 Å². The van der Waals surface area contributed by atoms with Crippen LogP contribution < -0.4 is 5.32 Å². The van der Waals surface area contributed by atoms with Crippen LogP contribution in [-0.4, -0.2) is 17.0 Å². The van der Waals surface area contributed by atoms with Crippen LogP contribution in [0.15, 0.2) is 42.5 Å². The minimum atomic E-state index is -0.971. The Hall–Kier alpha value is -2.36. The van der Waals surface area contributed by atoms with Crippen LogP contribution in [0.5, 0.6) is 0 Å². The molecule has 2 rings (SSSR count). The molecule has 98 valence electrons. The Balaban J connectivity index is 2.12. The Morgan fingerprint density at radius 3 is 2.53 bits per heavy atom. The molecule has 1 amide bonds. The fourth-order valence-electron chi connectivity index (χ4n) is 1.89. The molecule has 0 spiro atoms. The van der Waals surface area contributed by atoms with E-state index in [2.05, 4.69) is 5.32 Å². The van der Waals surface area contributed by atoms with Gasteiger partial charge in [-0.05, 0) is 22.9 Å². The van der Waals surface area contributed by atoms with Crippen molar-refractivity contribution in [3.8, 4) is 0 Å².